The van der Waals surface area contributed by atoms with Crippen LogP contribution in [-0.2, 0) is 20.2 Å². The van der Waals surface area contributed by atoms with E-state index in [2.05, 4.69) is 30.8 Å². The van der Waals surface area contributed by atoms with E-state index in [9.17, 15) is 13.2 Å². The maximum Gasteiger partial charge on any atom is 0.260 e. The van der Waals surface area contributed by atoms with Crippen molar-refractivity contribution in [1.29, 1.82) is 0 Å². The molecule has 0 aromatic heterocycles. The molecular formula is C21H28N2O4S. The Morgan fingerprint density at radius 3 is 2.36 bits per heavy atom. The summed E-state index contributed by atoms with van der Waals surface area (Å²) >= 11 is 0. The molecule has 0 aliphatic carbocycles. The van der Waals surface area contributed by atoms with Crippen LogP contribution in [-0.4, -0.2) is 33.5 Å². The van der Waals surface area contributed by atoms with E-state index in [-0.39, 0.29) is 29.3 Å². The van der Waals surface area contributed by atoms with Gasteiger partial charge in [0.25, 0.3) is 5.91 Å². The molecule has 1 atom stereocenters. The van der Waals surface area contributed by atoms with Crippen LogP contribution in [0.3, 0.4) is 0 Å². The fraction of sp³-hybridized carbons (Fsp3) is 0.381. The highest BCUT2D eigenvalue weighted by atomic mass is 32.2. The van der Waals surface area contributed by atoms with E-state index in [0.29, 0.717) is 5.75 Å². The van der Waals surface area contributed by atoms with Gasteiger partial charge in [-0.05, 0) is 42.2 Å². The molecule has 6 nitrogen and oxygen atoms in total. The maximum atomic E-state index is 12.2. The molecule has 2 N–H and O–H groups in total. The number of sulfonamides is 1. The van der Waals surface area contributed by atoms with E-state index in [0.717, 1.165) is 5.56 Å². The molecule has 1 amide bonds. The summed E-state index contributed by atoms with van der Waals surface area (Å²) in [6.45, 7) is 8.25. The van der Waals surface area contributed by atoms with Crippen LogP contribution in [0.15, 0.2) is 59.5 Å². The van der Waals surface area contributed by atoms with Crippen molar-refractivity contribution in [3.05, 3.63) is 60.2 Å². The summed E-state index contributed by atoms with van der Waals surface area (Å²) in [6, 6.07) is 15.8. The van der Waals surface area contributed by atoms with Gasteiger partial charge in [0, 0.05) is 13.1 Å². The average molecular weight is 405 g/mol. The van der Waals surface area contributed by atoms with Crippen LogP contribution in [0.4, 0.5) is 0 Å². The molecule has 0 aliphatic heterocycles. The minimum Gasteiger partial charge on any atom is -0.481 e. The van der Waals surface area contributed by atoms with Crippen LogP contribution in [0, 0.1) is 0 Å². The summed E-state index contributed by atoms with van der Waals surface area (Å²) in [4.78, 5) is 12.4. The lowest BCUT2D eigenvalue weighted by molar-refractivity contribution is -0.127. The number of benzene rings is 2. The largest absolute Gasteiger partial charge is 0.481 e. The normalized spacial score (nSPS) is 13.0. The lowest BCUT2D eigenvalue weighted by atomic mass is 9.87. The molecule has 2 rings (SSSR count). The van der Waals surface area contributed by atoms with Crippen LogP contribution in [0.25, 0.3) is 0 Å². The summed E-state index contributed by atoms with van der Waals surface area (Å²) in [7, 11) is -3.58. The minimum atomic E-state index is -3.58. The Balaban J connectivity index is 1.82. The lowest BCUT2D eigenvalue weighted by Gasteiger charge is -2.21. The van der Waals surface area contributed by atoms with Crippen LogP contribution in [0.2, 0.25) is 0 Å². The third-order valence-corrected chi connectivity index (χ3v) is 5.63. The summed E-state index contributed by atoms with van der Waals surface area (Å²) in [5.41, 5.74) is 1.11. The topological polar surface area (TPSA) is 84.5 Å². The predicted molar refractivity (Wildman–Crippen MR) is 110 cm³/mol. The monoisotopic (exact) mass is 404 g/mol. The van der Waals surface area contributed by atoms with Gasteiger partial charge in [0.1, 0.15) is 5.75 Å². The van der Waals surface area contributed by atoms with Crippen molar-refractivity contribution < 1.29 is 17.9 Å². The van der Waals surface area contributed by atoms with Gasteiger partial charge in [-0.3, -0.25) is 4.79 Å². The number of nitrogens with one attached hydrogen (secondary N) is 2. The van der Waals surface area contributed by atoms with Gasteiger partial charge in [0.05, 0.1) is 4.90 Å². The first-order chi connectivity index (χ1) is 13.1. The molecule has 0 saturated carbocycles. The summed E-state index contributed by atoms with van der Waals surface area (Å²) in [5, 5.41) is 2.68. The van der Waals surface area contributed by atoms with Gasteiger partial charge < -0.3 is 10.1 Å². The highest BCUT2D eigenvalue weighted by Gasteiger charge is 2.18. The van der Waals surface area contributed by atoms with E-state index >= 15 is 0 Å². The SMILES string of the molecule is CC(Oc1cccc(C(C)(C)C)c1)C(=O)NCCNS(=O)(=O)c1ccccc1. The van der Waals surface area contributed by atoms with Gasteiger partial charge in [-0.1, -0.05) is 51.1 Å². The van der Waals surface area contributed by atoms with Gasteiger partial charge in [-0.2, -0.15) is 0 Å². The number of carbonyl (C=O) groups is 1. The second-order valence-electron chi connectivity index (χ2n) is 7.54. The Morgan fingerprint density at radius 1 is 1.04 bits per heavy atom. The maximum absolute atomic E-state index is 12.2. The summed E-state index contributed by atoms with van der Waals surface area (Å²) in [5.74, 6) is 0.319. The first kappa shape index (κ1) is 21.9. The van der Waals surface area contributed by atoms with Gasteiger partial charge in [-0.15, -0.1) is 0 Å². The van der Waals surface area contributed by atoms with E-state index in [4.69, 9.17) is 4.74 Å². The van der Waals surface area contributed by atoms with Crippen LogP contribution in [0.5, 0.6) is 5.75 Å². The van der Waals surface area contributed by atoms with Crippen LogP contribution in [0.1, 0.15) is 33.3 Å². The fourth-order valence-electron chi connectivity index (χ4n) is 2.49. The zero-order valence-electron chi connectivity index (χ0n) is 16.7. The molecule has 152 valence electrons. The third-order valence-electron chi connectivity index (χ3n) is 4.15. The van der Waals surface area contributed by atoms with E-state index in [1.807, 2.05) is 24.3 Å². The smallest absolute Gasteiger partial charge is 0.260 e. The number of hydrogen-bond donors (Lipinski definition) is 2. The molecule has 0 saturated heterocycles. The zero-order chi connectivity index (χ0) is 20.8. The molecule has 2 aromatic rings. The number of hydrogen-bond acceptors (Lipinski definition) is 4. The Bertz CT molecular complexity index is 890. The highest BCUT2D eigenvalue weighted by Crippen LogP contribution is 2.26. The van der Waals surface area contributed by atoms with Gasteiger partial charge in [0.2, 0.25) is 10.0 Å². The minimum absolute atomic E-state index is 0.0131. The molecule has 0 spiro atoms. The van der Waals surface area contributed by atoms with E-state index < -0.39 is 16.1 Å². The molecule has 0 fully saturated rings. The molecule has 1 unspecified atom stereocenters. The first-order valence-electron chi connectivity index (χ1n) is 9.19. The van der Waals surface area contributed by atoms with Crippen molar-refractivity contribution in [1.82, 2.24) is 10.0 Å². The van der Waals surface area contributed by atoms with Gasteiger partial charge in [-0.25, -0.2) is 13.1 Å². The van der Waals surface area contributed by atoms with E-state index in [1.54, 1.807) is 25.1 Å². The number of rotatable bonds is 8. The Labute approximate surface area is 167 Å². The molecule has 0 heterocycles. The summed E-state index contributed by atoms with van der Waals surface area (Å²) in [6.07, 6.45) is -0.694. The molecule has 0 aliphatic rings. The van der Waals surface area contributed by atoms with Crippen LogP contribution >= 0.6 is 0 Å². The van der Waals surface area contributed by atoms with Gasteiger partial charge >= 0.3 is 0 Å². The van der Waals surface area contributed by atoms with Crippen molar-refractivity contribution in [3.8, 4) is 5.75 Å². The molecule has 2 aromatic carbocycles. The fourth-order valence-corrected chi connectivity index (χ4v) is 3.54. The number of amides is 1. The van der Waals surface area contributed by atoms with Crippen molar-refractivity contribution >= 4 is 15.9 Å². The third kappa shape index (κ3) is 6.35. The predicted octanol–water partition coefficient (Wildman–Crippen LogP) is 2.85. The Hall–Kier alpha value is -2.38. The van der Waals surface area contributed by atoms with Crippen molar-refractivity contribution in [2.75, 3.05) is 13.1 Å². The zero-order valence-corrected chi connectivity index (χ0v) is 17.5. The van der Waals surface area contributed by atoms with E-state index in [1.165, 1.54) is 12.1 Å². The summed E-state index contributed by atoms with van der Waals surface area (Å²) < 4.78 is 32.4. The molecule has 0 radical (unpaired) electrons. The van der Waals surface area contributed by atoms with Crippen molar-refractivity contribution in [2.24, 2.45) is 0 Å². The van der Waals surface area contributed by atoms with Crippen molar-refractivity contribution in [3.63, 3.8) is 0 Å². The Morgan fingerprint density at radius 2 is 1.71 bits per heavy atom. The second kappa shape index (κ2) is 9.21. The standard InChI is InChI=1S/C21H28N2O4S/c1-16(27-18-10-8-9-17(15-18)21(2,3)4)20(24)22-13-14-23-28(25,26)19-11-6-5-7-12-19/h5-12,15-16,23H,13-14H2,1-4H3,(H,22,24). The van der Waals surface area contributed by atoms with Crippen molar-refractivity contribution in [2.45, 2.75) is 44.1 Å². The molecular weight excluding hydrogens is 376 g/mol. The van der Waals surface area contributed by atoms with Gasteiger partial charge in [0.15, 0.2) is 6.10 Å². The highest BCUT2D eigenvalue weighted by molar-refractivity contribution is 7.89. The molecule has 0 bridgehead atoms. The first-order valence-corrected chi connectivity index (χ1v) is 10.7. The number of carbonyl (C=O) groups excluding carboxylic acids is 1. The second-order valence-corrected chi connectivity index (χ2v) is 9.31. The lowest BCUT2D eigenvalue weighted by Crippen LogP contribution is -2.40. The molecule has 7 heteroatoms. The van der Waals surface area contributed by atoms with Crippen LogP contribution < -0.4 is 14.8 Å². The molecule has 28 heavy (non-hydrogen) atoms. The average Bonchev–Trinajstić information content (AvgIpc) is 2.65. The quantitative estimate of drug-likeness (QED) is 0.663. The number of ether oxygens (including phenoxy) is 1. The Kier molecular flexibility index (Phi) is 7.21.